The number of carbonyl (C=O) groups is 2. The van der Waals surface area contributed by atoms with Crippen molar-refractivity contribution in [2.45, 2.75) is 0 Å². The Bertz CT molecular complexity index is 862. The van der Waals surface area contributed by atoms with Crippen molar-refractivity contribution in [2.75, 3.05) is 11.9 Å². The summed E-state index contributed by atoms with van der Waals surface area (Å²) in [4.78, 5) is 28.1. The highest BCUT2D eigenvalue weighted by Crippen LogP contribution is 2.25. The molecular weight excluding hydrogens is 459 g/mol. The molecule has 8 heteroatoms. The van der Waals surface area contributed by atoms with Crippen LogP contribution >= 0.6 is 45.3 Å². The van der Waals surface area contributed by atoms with Crippen LogP contribution in [0.5, 0.6) is 0 Å². The molecule has 3 aromatic rings. The van der Waals surface area contributed by atoms with Gasteiger partial charge in [-0.3, -0.25) is 4.79 Å². The first-order valence-corrected chi connectivity index (χ1v) is 9.72. The Hall–Kier alpha value is -1.78. The van der Waals surface area contributed by atoms with E-state index in [4.69, 9.17) is 4.74 Å². The molecule has 122 valence electrons. The molecule has 0 atom stereocenters. The average Bonchev–Trinajstić information content (AvgIpc) is 3.23. The number of rotatable bonds is 5. The summed E-state index contributed by atoms with van der Waals surface area (Å²) in [5.41, 5.74) is 1.85. The van der Waals surface area contributed by atoms with E-state index in [2.05, 4.69) is 32.9 Å². The van der Waals surface area contributed by atoms with E-state index in [1.807, 2.05) is 35.0 Å². The molecule has 0 bridgehead atoms. The highest BCUT2D eigenvalue weighted by molar-refractivity contribution is 14.1. The fourth-order valence-corrected chi connectivity index (χ4v) is 3.90. The fraction of sp³-hybridized carbons (Fsp3) is 0.0625. The topological polar surface area (TPSA) is 68.3 Å². The molecule has 0 aliphatic carbocycles. The number of anilines is 1. The first kappa shape index (κ1) is 17.1. The van der Waals surface area contributed by atoms with Gasteiger partial charge in [-0.25, -0.2) is 9.78 Å². The summed E-state index contributed by atoms with van der Waals surface area (Å²) >= 11 is 5.09. The van der Waals surface area contributed by atoms with Crippen LogP contribution in [0.3, 0.4) is 0 Å². The van der Waals surface area contributed by atoms with Gasteiger partial charge >= 0.3 is 5.97 Å². The van der Waals surface area contributed by atoms with Crippen LogP contribution in [0.15, 0.2) is 46.5 Å². The third kappa shape index (κ3) is 4.40. The number of ether oxygens (including phenoxy) is 1. The second kappa shape index (κ2) is 7.86. The summed E-state index contributed by atoms with van der Waals surface area (Å²) in [6, 6.07) is 9.30. The van der Waals surface area contributed by atoms with Gasteiger partial charge in [0.1, 0.15) is 5.01 Å². The van der Waals surface area contributed by atoms with E-state index in [-0.39, 0.29) is 12.3 Å². The molecule has 0 aliphatic rings. The summed E-state index contributed by atoms with van der Waals surface area (Å²) in [5.74, 6) is -0.996. The lowest BCUT2D eigenvalue weighted by Crippen LogP contribution is -2.21. The molecule has 0 unspecified atom stereocenters. The molecule has 24 heavy (non-hydrogen) atoms. The maximum absolute atomic E-state index is 12.0. The van der Waals surface area contributed by atoms with E-state index in [0.29, 0.717) is 5.69 Å². The Labute approximate surface area is 159 Å². The summed E-state index contributed by atoms with van der Waals surface area (Å²) in [6.45, 7) is -0.352. The van der Waals surface area contributed by atoms with Crippen LogP contribution < -0.4 is 5.32 Å². The van der Waals surface area contributed by atoms with Crippen LogP contribution in [0.2, 0.25) is 0 Å². The Morgan fingerprint density at radius 2 is 2.12 bits per heavy atom. The molecule has 0 spiro atoms. The van der Waals surface area contributed by atoms with Crippen molar-refractivity contribution >= 4 is 62.8 Å². The van der Waals surface area contributed by atoms with Crippen molar-refractivity contribution < 1.29 is 14.3 Å². The van der Waals surface area contributed by atoms with Crippen LogP contribution in [0.1, 0.15) is 10.5 Å². The van der Waals surface area contributed by atoms with Crippen molar-refractivity contribution in [3.05, 3.63) is 55.7 Å². The van der Waals surface area contributed by atoms with Crippen LogP contribution in [0, 0.1) is 3.57 Å². The van der Waals surface area contributed by atoms with Crippen molar-refractivity contribution in [2.24, 2.45) is 0 Å². The molecule has 2 heterocycles. The largest absolute Gasteiger partial charge is 0.451 e. The van der Waals surface area contributed by atoms with Crippen LogP contribution in [-0.4, -0.2) is 23.5 Å². The lowest BCUT2D eigenvalue weighted by atomic mass is 10.3. The van der Waals surface area contributed by atoms with Gasteiger partial charge in [-0.15, -0.1) is 11.3 Å². The highest BCUT2D eigenvalue weighted by Gasteiger charge is 2.15. The minimum Gasteiger partial charge on any atom is -0.451 e. The molecule has 0 aliphatic heterocycles. The molecule has 0 radical (unpaired) electrons. The molecular formula is C16H11IN2O3S2. The number of thiophene rings is 1. The maximum atomic E-state index is 12.0. The molecule has 0 fully saturated rings. The normalized spacial score (nSPS) is 10.4. The Morgan fingerprint density at radius 1 is 1.25 bits per heavy atom. The van der Waals surface area contributed by atoms with Crippen LogP contribution in [0.25, 0.3) is 10.6 Å². The Morgan fingerprint density at radius 3 is 2.88 bits per heavy atom. The van der Waals surface area contributed by atoms with Crippen LogP contribution in [-0.2, 0) is 9.53 Å². The molecule has 0 saturated carbocycles. The molecule has 5 nitrogen and oxygen atoms in total. The van der Waals surface area contributed by atoms with Gasteiger partial charge in [-0.2, -0.15) is 11.3 Å². The molecule has 2 aromatic heterocycles. The number of nitrogens with one attached hydrogen (secondary N) is 1. The standard InChI is InChI=1S/C16H11IN2O3S2/c17-11-2-1-3-12(6-11)18-14(20)7-22-16(21)13-9-24-15(19-13)10-4-5-23-8-10/h1-6,8-9H,7H2,(H,18,20). The van der Waals surface area contributed by atoms with Crippen molar-refractivity contribution in [3.63, 3.8) is 0 Å². The van der Waals surface area contributed by atoms with Gasteiger partial charge in [0.05, 0.1) is 0 Å². The van der Waals surface area contributed by atoms with Gasteiger partial charge in [-0.1, -0.05) is 6.07 Å². The summed E-state index contributed by atoms with van der Waals surface area (Å²) in [6.07, 6.45) is 0. The van der Waals surface area contributed by atoms with E-state index in [1.165, 1.54) is 11.3 Å². The lowest BCUT2D eigenvalue weighted by Gasteiger charge is -2.06. The molecule has 0 saturated heterocycles. The number of hydrogen-bond acceptors (Lipinski definition) is 6. The van der Waals surface area contributed by atoms with E-state index in [0.717, 1.165) is 14.1 Å². The first-order valence-electron chi connectivity index (χ1n) is 6.82. The minimum absolute atomic E-state index is 0.211. The number of esters is 1. The van der Waals surface area contributed by atoms with E-state index in [9.17, 15) is 9.59 Å². The number of nitrogens with zero attached hydrogens (tertiary/aromatic N) is 1. The second-order valence-corrected chi connectivity index (χ2v) is 7.57. The van der Waals surface area contributed by atoms with Crippen molar-refractivity contribution in [1.82, 2.24) is 4.98 Å². The van der Waals surface area contributed by atoms with Crippen LogP contribution in [0.4, 0.5) is 5.69 Å². The van der Waals surface area contributed by atoms with E-state index in [1.54, 1.807) is 22.8 Å². The highest BCUT2D eigenvalue weighted by atomic mass is 127. The second-order valence-electron chi connectivity index (χ2n) is 4.68. The van der Waals surface area contributed by atoms with Gasteiger partial charge in [0.2, 0.25) is 0 Å². The number of thiazole rings is 1. The SMILES string of the molecule is O=C(COC(=O)c1csc(-c2ccsc2)n1)Nc1cccc(I)c1. The number of carbonyl (C=O) groups excluding carboxylic acids is 2. The third-order valence-electron chi connectivity index (χ3n) is 2.92. The van der Waals surface area contributed by atoms with Gasteiger partial charge in [-0.05, 0) is 52.2 Å². The number of hydrogen-bond donors (Lipinski definition) is 1. The quantitative estimate of drug-likeness (QED) is 0.447. The number of benzene rings is 1. The number of aromatic nitrogens is 1. The average molecular weight is 470 g/mol. The summed E-state index contributed by atoms with van der Waals surface area (Å²) in [7, 11) is 0. The molecule has 1 N–H and O–H groups in total. The maximum Gasteiger partial charge on any atom is 0.358 e. The molecule has 1 aromatic carbocycles. The summed E-state index contributed by atoms with van der Waals surface area (Å²) in [5, 5.41) is 8.98. The van der Waals surface area contributed by atoms with Gasteiger partial charge in [0, 0.05) is 25.6 Å². The van der Waals surface area contributed by atoms with E-state index >= 15 is 0 Å². The van der Waals surface area contributed by atoms with Crippen molar-refractivity contribution in [3.8, 4) is 10.6 Å². The minimum atomic E-state index is -0.606. The monoisotopic (exact) mass is 470 g/mol. The molecule has 1 amide bonds. The predicted octanol–water partition coefficient (Wildman–Crippen LogP) is 4.27. The molecule has 3 rings (SSSR count). The lowest BCUT2D eigenvalue weighted by molar-refractivity contribution is -0.119. The Balaban J connectivity index is 1.54. The number of amides is 1. The zero-order valence-corrected chi connectivity index (χ0v) is 16.0. The first-order chi connectivity index (χ1) is 11.6. The van der Waals surface area contributed by atoms with Gasteiger partial charge < -0.3 is 10.1 Å². The number of halogens is 1. The third-order valence-corrected chi connectivity index (χ3v) is 5.17. The zero-order chi connectivity index (χ0) is 16.9. The van der Waals surface area contributed by atoms with Crippen molar-refractivity contribution in [1.29, 1.82) is 0 Å². The van der Waals surface area contributed by atoms with Gasteiger partial charge in [0.25, 0.3) is 5.91 Å². The smallest absolute Gasteiger partial charge is 0.358 e. The predicted molar refractivity (Wildman–Crippen MR) is 103 cm³/mol. The summed E-state index contributed by atoms with van der Waals surface area (Å²) < 4.78 is 6.02. The van der Waals surface area contributed by atoms with Gasteiger partial charge in [0.15, 0.2) is 12.3 Å². The fourth-order valence-electron chi connectivity index (χ4n) is 1.85. The zero-order valence-electron chi connectivity index (χ0n) is 12.2. The Kier molecular flexibility index (Phi) is 5.59. The van der Waals surface area contributed by atoms with E-state index < -0.39 is 11.9 Å².